The van der Waals surface area contributed by atoms with Gasteiger partial charge in [-0.05, 0) is 124 Å². The largest absolute Gasteiger partial charge is 0.310 e. The highest BCUT2D eigenvalue weighted by molar-refractivity contribution is 7.22. The predicted octanol–water partition coefficient (Wildman–Crippen LogP) is 12.8. The van der Waals surface area contributed by atoms with Gasteiger partial charge in [-0.2, -0.15) is 0 Å². The van der Waals surface area contributed by atoms with E-state index in [0.29, 0.717) is 0 Å². The first-order valence-corrected chi connectivity index (χ1v) is 24.0. The van der Waals surface area contributed by atoms with Crippen LogP contribution in [0.5, 0.6) is 0 Å². The van der Waals surface area contributed by atoms with E-state index in [-0.39, 0.29) is 10.8 Å². The Morgan fingerprint density at radius 2 is 0.742 bits per heavy atom. The molecule has 3 aliphatic rings. The lowest BCUT2D eigenvalue weighted by molar-refractivity contribution is 0.660. The van der Waals surface area contributed by atoms with Gasteiger partial charge in [0.1, 0.15) is 0 Å². The van der Waals surface area contributed by atoms with Crippen LogP contribution in [0.1, 0.15) is 49.9 Å². The smallest absolute Gasteiger partial charge is 0.180 e. The summed E-state index contributed by atoms with van der Waals surface area (Å²) in [7, 11) is -2.60. The minimum Gasteiger partial charge on any atom is -0.310 e. The Morgan fingerprint density at radius 1 is 0.306 bits per heavy atom. The second-order valence-corrected chi connectivity index (χ2v) is 22.2. The number of hydrogen-bond acceptors (Lipinski definition) is 1. The summed E-state index contributed by atoms with van der Waals surface area (Å²) in [4.78, 5) is 2.47. The van der Waals surface area contributed by atoms with Crippen LogP contribution < -0.4 is 25.6 Å². The molecule has 2 aliphatic carbocycles. The fourth-order valence-electron chi connectivity index (χ4n) is 11.6. The number of fused-ring (bicyclic) bond motifs is 9. The number of benzene rings is 9. The summed E-state index contributed by atoms with van der Waals surface area (Å²) in [5.41, 5.74) is 19.3. The van der Waals surface area contributed by atoms with Crippen molar-refractivity contribution in [2.45, 2.75) is 38.5 Å². The van der Waals surface area contributed by atoms with Gasteiger partial charge in [0.15, 0.2) is 8.07 Å². The van der Waals surface area contributed by atoms with Crippen molar-refractivity contribution in [1.29, 1.82) is 0 Å². The number of nitrogens with zero attached hydrogens (tertiary/aromatic N) is 1. The summed E-state index contributed by atoms with van der Waals surface area (Å²) in [6.07, 6.45) is 0. The van der Waals surface area contributed by atoms with Gasteiger partial charge in [0.25, 0.3) is 0 Å². The molecule has 0 aromatic heterocycles. The van der Waals surface area contributed by atoms with Gasteiger partial charge >= 0.3 is 0 Å². The summed E-state index contributed by atoms with van der Waals surface area (Å²) < 4.78 is 0. The number of rotatable bonds is 6. The maximum Gasteiger partial charge on any atom is 0.180 e. The molecule has 0 bridgehead atoms. The highest BCUT2D eigenvalue weighted by Gasteiger charge is 2.48. The van der Waals surface area contributed by atoms with Gasteiger partial charge < -0.3 is 4.90 Å². The predicted molar refractivity (Wildman–Crippen MR) is 264 cm³/mol. The molecule has 0 saturated carbocycles. The zero-order valence-corrected chi connectivity index (χ0v) is 36.7. The SMILES string of the molecule is CC1(C)c2ccccc2-c2ccc(N(c3ccc(-c4cccc([Si]5(c6ccccc6)c6ccccc6-c6ccccc65)c4)cc3)c3ccc4c(c3)C(C)(C)c3ccccc3-4)cc21. The Kier molecular flexibility index (Phi) is 8.02. The van der Waals surface area contributed by atoms with Crippen LogP contribution >= 0.6 is 0 Å². The molecule has 0 unspecified atom stereocenters. The van der Waals surface area contributed by atoms with Crippen LogP contribution in [0.3, 0.4) is 0 Å². The van der Waals surface area contributed by atoms with E-state index in [9.17, 15) is 0 Å². The first-order chi connectivity index (χ1) is 30.3. The Hall–Kier alpha value is -7.00. The minimum atomic E-state index is -2.60. The van der Waals surface area contributed by atoms with Crippen molar-refractivity contribution in [3.8, 4) is 44.5 Å². The third kappa shape index (κ3) is 5.14. The van der Waals surface area contributed by atoms with E-state index in [1.807, 2.05) is 0 Å². The molecule has 1 heterocycles. The number of anilines is 3. The molecule has 0 spiro atoms. The molecule has 1 aliphatic heterocycles. The van der Waals surface area contributed by atoms with Gasteiger partial charge in [-0.3, -0.25) is 0 Å². The Labute approximate surface area is 366 Å². The van der Waals surface area contributed by atoms with Crippen molar-refractivity contribution in [1.82, 2.24) is 0 Å². The van der Waals surface area contributed by atoms with E-state index in [2.05, 4.69) is 245 Å². The van der Waals surface area contributed by atoms with Gasteiger partial charge in [0.2, 0.25) is 0 Å². The zero-order chi connectivity index (χ0) is 41.8. The second kappa shape index (κ2) is 13.5. The van der Waals surface area contributed by atoms with Crippen LogP contribution in [0.4, 0.5) is 17.1 Å². The maximum absolute atomic E-state index is 2.60. The van der Waals surface area contributed by atoms with Gasteiger partial charge in [0.05, 0.1) is 0 Å². The van der Waals surface area contributed by atoms with Crippen LogP contribution in [0.2, 0.25) is 0 Å². The van der Waals surface area contributed by atoms with Crippen LogP contribution in [-0.2, 0) is 10.8 Å². The lowest BCUT2D eigenvalue weighted by Crippen LogP contribution is -2.72. The van der Waals surface area contributed by atoms with Gasteiger partial charge in [-0.1, -0.05) is 204 Å². The molecule has 62 heavy (non-hydrogen) atoms. The Balaban J connectivity index is 0.994. The van der Waals surface area contributed by atoms with E-state index in [4.69, 9.17) is 0 Å². The number of hydrogen-bond donors (Lipinski definition) is 0. The lowest BCUT2D eigenvalue weighted by atomic mass is 9.82. The minimum absolute atomic E-state index is 0.106. The van der Waals surface area contributed by atoms with E-state index in [0.717, 1.165) is 5.69 Å². The fraction of sp³-hybridized carbons (Fsp3) is 0.100. The molecule has 0 N–H and O–H groups in total. The van der Waals surface area contributed by atoms with Crippen LogP contribution in [0, 0.1) is 0 Å². The monoisotopic (exact) mass is 809 g/mol. The van der Waals surface area contributed by atoms with Gasteiger partial charge in [0, 0.05) is 27.9 Å². The van der Waals surface area contributed by atoms with E-state index in [1.165, 1.54) is 98.9 Å². The third-order valence-corrected chi connectivity index (χ3v) is 19.4. The lowest BCUT2D eigenvalue weighted by Gasteiger charge is -2.31. The normalized spacial score (nSPS) is 15.2. The Bertz CT molecular complexity index is 3090. The first-order valence-electron chi connectivity index (χ1n) is 22.0. The third-order valence-electron chi connectivity index (χ3n) is 14.6. The molecule has 0 amide bonds. The van der Waals surface area contributed by atoms with Crippen molar-refractivity contribution < 1.29 is 0 Å². The van der Waals surface area contributed by atoms with Crippen molar-refractivity contribution in [2.24, 2.45) is 0 Å². The summed E-state index contributed by atoms with van der Waals surface area (Å²) in [5, 5.41) is 5.77. The highest BCUT2D eigenvalue weighted by Crippen LogP contribution is 2.53. The quantitative estimate of drug-likeness (QED) is 0.151. The molecule has 0 saturated heterocycles. The molecule has 0 fully saturated rings. The van der Waals surface area contributed by atoms with Crippen molar-refractivity contribution in [2.75, 3.05) is 4.90 Å². The molecule has 12 rings (SSSR count). The summed E-state index contributed by atoms with van der Waals surface area (Å²) in [5.74, 6) is 0. The van der Waals surface area contributed by atoms with Crippen molar-refractivity contribution in [3.05, 3.63) is 235 Å². The molecular formula is C60H47NSi. The molecular weight excluding hydrogens is 763 g/mol. The molecule has 296 valence electrons. The van der Waals surface area contributed by atoms with E-state index < -0.39 is 8.07 Å². The molecule has 9 aromatic carbocycles. The first kappa shape index (κ1) is 36.8. The van der Waals surface area contributed by atoms with Crippen molar-refractivity contribution >= 4 is 45.9 Å². The fourth-order valence-corrected chi connectivity index (χ4v) is 16.8. The van der Waals surface area contributed by atoms with Gasteiger partial charge in [-0.25, -0.2) is 0 Å². The molecule has 0 atom stereocenters. The van der Waals surface area contributed by atoms with Crippen LogP contribution in [-0.4, -0.2) is 8.07 Å². The molecule has 9 aromatic rings. The topological polar surface area (TPSA) is 3.24 Å². The zero-order valence-electron chi connectivity index (χ0n) is 35.7. The van der Waals surface area contributed by atoms with Crippen molar-refractivity contribution in [3.63, 3.8) is 0 Å². The molecule has 2 heteroatoms. The second-order valence-electron chi connectivity index (χ2n) is 18.5. The summed E-state index contributed by atoms with van der Waals surface area (Å²) >= 11 is 0. The standard InChI is InChI=1S/C60H47NSi/c1-59(2)53-25-12-8-21-47(53)49-35-33-43(38-55(49)59)61(44-34-36-50-48-22-9-13-26-54(48)60(3,4)56(50)39-44)42-31-29-40(30-32-42)41-17-16-20-46(37-41)62(45-18-6-5-7-19-45)57-27-14-10-23-51(57)52-24-11-15-28-58(52)62/h5-39H,1-4H3. The van der Waals surface area contributed by atoms with Gasteiger partial charge in [-0.15, -0.1) is 0 Å². The summed E-state index contributed by atoms with van der Waals surface area (Å²) in [6.45, 7) is 9.49. The maximum atomic E-state index is 2.49. The van der Waals surface area contributed by atoms with Crippen LogP contribution in [0.15, 0.2) is 212 Å². The van der Waals surface area contributed by atoms with Crippen LogP contribution in [0.25, 0.3) is 44.5 Å². The Morgan fingerprint density at radius 3 is 1.29 bits per heavy atom. The average molecular weight is 810 g/mol. The highest BCUT2D eigenvalue weighted by atomic mass is 28.3. The summed E-state index contributed by atoms with van der Waals surface area (Å²) in [6, 6.07) is 80.4. The molecule has 1 nitrogen and oxygen atoms in total. The average Bonchev–Trinajstić information content (AvgIpc) is 3.84. The molecule has 0 radical (unpaired) electrons. The van der Waals surface area contributed by atoms with E-state index >= 15 is 0 Å². The van der Waals surface area contributed by atoms with E-state index in [1.54, 1.807) is 0 Å².